The SMILES string of the molecule is CN(C(=O)c1c[nH]c(=O)c2[nH]ccc12)C1CCN(C(=O)OC(C)(C)C)CC1. The molecule has 0 saturated carbocycles. The zero-order chi connectivity index (χ0) is 19.8. The number of H-pyrrole nitrogens is 2. The molecule has 3 heterocycles. The van der Waals surface area contributed by atoms with Crippen LogP contribution in [0.1, 0.15) is 44.0 Å². The fourth-order valence-corrected chi connectivity index (χ4v) is 3.36. The van der Waals surface area contributed by atoms with Crippen LogP contribution in [0.3, 0.4) is 0 Å². The van der Waals surface area contributed by atoms with Gasteiger partial charge in [0.15, 0.2) is 0 Å². The summed E-state index contributed by atoms with van der Waals surface area (Å²) < 4.78 is 5.41. The number of pyridine rings is 1. The van der Waals surface area contributed by atoms with Gasteiger partial charge in [0.2, 0.25) is 0 Å². The molecular weight excluding hydrogens is 348 g/mol. The number of piperidine rings is 1. The van der Waals surface area contributed by atoms with E-state index in [1.807, 2.05) is 20.8 Å². The van der Waals surface area contributed by atoms with Crippen molar-refractivity contribution in [3.05, 3.63) is 34.4 Å². The van der Waals surface area contributed by atoms with Gasteiger partial charge in [0, 0.05) is 44.0 Å². The highest BCUT2D eigenvalue weighted by atomic mass is 16.6. The number of nitrogens with one attached hydrogen (secondary N) is 2. The van der Waals surface area contributed by atoms with Gasteiger partial charge in [-0.05, 0) is 39.7 Å². The summed E-state index contributed by atoms with van der Waals surface area (Å²) in [5.74, 6) is -0.147. The first-order valence-electron chi connectivity index (χ1n) is 9.11. The number of amides is 2. The molecule has 2 aromatic heterocycles. The third-order valence-corrected chi connectivity index (χ3v) is 4.83. The van der Waals surface area contributed by atoms with Gasteiger partial charge in [-0.2, -0.15) is 0 Å². The van der Waals surface area contributed by atoms with Crippen LogP contribution in [-0.4, -0.2) is 63.5 Å². The Balaban J connectivity index is 1.67. The number of hydrogen-bond donors (Lipinski definition) is 2. The average molecular weight is 374 g/mol. The van der Waals surface area contributed by atoms with Gasteiger partial charge in [0.1, 0.15) is 11.1 Å². The number of likely N-dealkylation sites (tertiary alicyclic amines) is 1. The molecule has 1 aliphatic heterocycles. The van der Waals surface area contributed by atoms with Crippen LogP contribution in [-0.2, 0) is 4.74 Å². The third kappa shape index (κ3) is 3.99. The summed E-state index contributed by atoms with van der Waals surface area (Å²) in [6.45, 7) is 6.62. The lowest BCUT2D eigenvalue weighted by Gasteiger charge is -2.37. The van der Waals surface area contributed by atoms with Crippen molar-refractivity contribution >= 4 is 22.9 Å². The van der Waals surface area contributed by atoms with Crippen molar-refractivity contribution in [2.45, 2.75) is 45.3 Å². The zero-order valence-electron chi connectivity index (χ0n) is 16.2. The standard InChI is InChI=1S/C19H26N4O4/c1-19(2,3)27-18(26)23-9-6-12(7-10-23)22(4)17(25)14-11-21-16(24)15-13(14)5-8-20-15/h5,8,11-12,20H,6-7,9-10H2,1-4H3,(H,21,24). The molecule has 27 heavy (non-hydrogen) atoms. The number of carbonyl (C=O) groups is 2. The van der Waals surface area contributed by atoms with Gasteiger partial charge < -0.3 is 24.5 Å². The maximum atomic E-state index is 13.0. The molecule has 0 spiro atoms. The van der Waals surface area contributed by atoms with Crippen LogP contribution in [0, 0.1) is 0 Å². The monoisotopic (exact) mass is 374 g/mol. The van der Waals surface area contributed by atoms with E-state index >= 15 is 0 Å². The normalized spacial score (nSPS) is 15.8. The smallest absolute Gasteiger partial charge is 0.410 e. The molecule has 0 aliphatic carbocycles. The Kier molecular flexibility index (Phi) is 4.99. The minimum atomic E-state index is -0.521. The van der Waals surface area contributed by atoms with Crippen LogP contribution in [0.5, 0.6) is 0 Å². The quantitative estimate of drug-likeness (QED) is 0.843. The second-order valence-electron chi connectivity index (χ2n) is 7.91. The predicted molar refractivity (Wildman–Crippen MR) is 102 cm³/mol. The number of aromatic nitrogens is 2. The van der Waals surface area contributed by atoms with Crippen molar-refractivity contribution in [2.75, 3.05) is 20.1 Å². The van der Waals surface area contributed by atoms with E-state index < -0.39 is 5.60 Å². The Bertz CT molecular complexity index is 900. The summed E-state index contributed by atoms with van der Waals surface area (Å²) in [6.07, 6.45) is 4.16. The number of ether oxygens (including phenoxy) is 1. The molecule has 0 unspecified atom stereocenters. The van der Waals surface area contributed by atoms with E-state index in [0.29, 0.717) is 42.4 Å². The summed E-state index contributed by atoms with van der Waals surface area (Å²) in [7, 11) is 1.76. The van der Waals surface area contributed by atoms with Gasteiger partial charge in [-0.15, -0.1) is 0 Å². The molecule has 8 nitrogen and oxygen atoms in total. The van der Waals surface area contributed by atoms with Crippen LogP contribution < -0.4 is 5.56 Å². The molecule has 2 amide bonds. The van der Waals surface area contributed by atoms with Gasteiger partial charge in [-0.1, -0.05) is 0 Å². The van der Waals surface area contributed by atoms with E-state index in [4.69, 9.17) is 4.74 Å². The number of hydrogen-bond acceptors (Lipinski definition) is 4. The maximum Gasteiger partial charge on any atom is 0.410 e. The topological polar surface area (TPSA) is 98.5 Å². The van der Waals surface area contributed by atoms with Crippen molar-refractivity contribution in [3.63, 3.8) is 0 Å². The fourth-order valence-electron chi connectivity index (χ4n) is 3.36. The van der Waals surface area contributed by atoms with Gasteiger partial charge in [-0.25, -0.2) is 4.79 Å². The van der Waals surface area contributed by atoms with E-state index in [0.717, 1.165) is 0 Å². The third-order valence-electron chi connectivity index (χ3n) is 4.83. The largest absolute Gasteiger partial charge is 0.444 e. The van der Waals surface area contributed by atoms with Gasteiger partial charge in [0.05, 0.1) is 5.56 Å². The maximum absolute atomic E-state index is 13.0. The molecule has 2 aromatic rings. The summed E-state index contributed by atoms with van der Waals surface area (Å²) in [5.41, 5.74) is 0.0872. The number of fused-ring (bicyclic) bond motifs is 1. The first-order chi connectivity index (χ1) is 12.7. The average Bonchev–Trinajstić information content (AvgIpc) is 3.10. The van der Waals surface area contributed by atoms with Crippen LogP contribution in [0.15, 0.2) is 23.3 Å². The second kappa shape index (κ2) is 7.09. The molecule has 0 bridgehead atoms. The molecule has 2 N–H and O–H groups in total. The highest BCUT2D eigenvalue weighted by Gasteiger charge is 2.30. The molecule has 3 rings (SSSR count). The molecule has 146 valence electrons. The highest BCUT2D eigenvalue weighted by Crippen LogP contribution is 2.21. The van der Waals surface area contributed by atoms with Gasteiger partial charge in [-0.3, -0.25) is 9.59 Å². The predicted octanol–water partition coefficient (Wildman–Crippen LogP) is 2.33. The van der Waals surface area contributed by atoms with Crippen LogP contribution in [0.25, 0.3) is 10.9 Å². The lowest BCUT2D eigenvalue weighted by atomic mass is 10.0. The molecule has 1 fully saturated rings. The summed E-state index contributed by atoms with van der Waals surface area (Å²) in [6, 6.07) is 1.76. The van der Waals surface area contributed by atoms with E-state index in [-0.39, 0.29) is 23.6 Å². The Labute approximate surface area is 157 Å². The number of carbonyl (C=O) groups excluding carboxylic acids is 2. The van der Waals surface area contributed by atoms with Crippen LogP contribution in [0.4, 0.5) is 4.79 Å². The number of rotatable bonds is 2. The number of aromatic amines is 2. The minimum Gasteiger partial charge on any atom is -0.444 e. The Morgan fingerprint density at radius 2 is 1.89 bits per heavy atom. The Hall–Kier alpha value is -2.77. The van der Waals surface area contributed by atoms with E-state index in [1.165, 1.54) is 6.20 Å². The summed E-state index contributed by atoms with van der Waals surface area (Å²) in [5, 5.41) is 0.613. The first kappa shape index (κ1) is 19.0. The van der Waals surface area contributed by atoms with E-state index in [1.54, 1.807) is 29.1 Å². The van der Waals surface area contributed by atoms with Crippen molar-refractivity contribution in [3.8, 4) is 0 Å². The molecule has 8 heteroatoms. The minimum absolute atomic E-state index is 0.0251. The van der Waals surface area contributed by atoms with Crippen molar-refractivity contribution in [1.29, 1.82) is 0 Å². The highest BCUT2D eigenvalue weighted by molar-refractivity contribution is 6.05. The lowest BCUT2D eigenvalue weighted by molar-refractivity contribution is 0.0160. The van der Waals surface area contributed by atoms with Gasteiger partial charge in [0.25, 0.3) is 11.5 Å². The van der Waals surface area contributed by atoms with Crippen LogP contribution >= 0.6 is 0 Å². The molecule has 0 atom stereocenters. The Morgan fingerprint density at radius 3 is 2.52 bits per heavy atom. The van der Waals surface area contributed by atoms with Crippen molar-refractivity contribution < 1.29 is 14.3 Å². The Morgan fingerprint density at radius 1 is 1.22 bits per heavy atom. The van der Waals surface area contributed by atoms with Crippen molar-refractivity contribution in [2.24, 2.45) is 0 Å². The summed E-state index contributed by atoms with van der Waals surface area (Å²) >= 11 is 0. The van der Waals surface area contributed by atoms with E-state index in [9.17, 15) is 14.4 Å². The number of nitrogens with zero attached hydrogens (tertiary/aromatic N) is 2. The summed E-state index contributed by atoms with van der Waals surface area (Å²) in [4.78, 5) is 45.8. The van der Waals surface area contributed by atoms with Crippen molar-refractivity contribution in [1.82, 2.24) is 19.8 Å². The molecular formula is C19H26N4O4. The fraction of sp³-hybridized carbons (Fsp3) is 0.526. The zero-order valence-corrected chi connectivity index (χ0v) is 16.2. The first-order valence-corrected chi connectivity index (χ1v) is 9.11. The second-order valence-corrected chi connectivity index (χ2v) is 7.91. The van der Waals surface area contributed by atoms with Gasteiger partial charge >= 0.3 is 6.09 Å². The lowest BCUT2D eigenvalue weighted by Crippen LogP contribution is -2.48. The van der Waals surface area contributed by atoms with E-state index in [2.05, 4.69) is 9.97 Å². The molecule has 1 saturated heterocycles. The van der Waals surface area contributed by atoms with Crippen LogP contribution in [0.2, 0.25) is 0 Å². The molecule has 0 radical (unpaired) electrons. The molecule has 0 aromatic carbocycles. The molecule has 1 aliphatic rings.